The molecule has 6 nitrogen and oxygen atoms in total. The van der Waals surface area contributed by atoms with Crippen LogP contribution in [0.4, 0.5) is 0 Å². The molecule has 0 radical (unpaired) electrons. The SMILES string of the molecule is CCCCCCCCCCCCCCCCCCCCCC(=O)O[C@@H](COC(=O)CCCCCCCCCCCCCCCCC)COC(=O)CCCCCCCCC(C)C. The van der Waals surface area contributed by atoms with Gasteiger partial charge in [0.15, 0.2) is 6.10 Å². The molecule has 0 N–H and O–H groups in total. The van der Waals surface area contributed by atoms with E-state index < -0.39 is 6.10 Å². The zero-order chi connectivity index (χ0) is 44.5. The molecule has 0 heterocycles. The van der Waals surface area contributed by atoms with Gasteiger partial charge in [-0.15, -0.1) is 0 Å². The Balaban J connectivity index is 4.22. The molecular weight excluding hydrogens is 757 g/mol. The van der Waals surface area contributed by atoms with Gasteiger partial charge in [-0.05, 0) is 25.2 Å². The Kier molecular flexibility index (Phi) is 48.1. The third-order valence-corrected chi connectivity index (χ3v) is 12.5. The van der Waals surface area contributed by atoms with Crippen molar-refractivity contribution in [3.63, 3.8) is 0 Å². The molecule has 0 amide bonds. The van der Waals surface area contributed by atoms with E-state index >= 15 is 0 Å². The summed E-state index contributed by atoms with van der Waals surface area (Å²) in [6, 6.07) is 0. The molecule has 362 valence electrons. The van der Waals surface area contributed by atoms with E-state index in [-0.39, 0.29) is 31.1 Å². The lowest BCUT2D eigenvalue weighted by molar-refractivity contribution is -0.167. The smallest absolute Gasteiger partial charge is 0.306 e. The molecule has 0 saturated carbocycles. The maximum Gasteiger partial charge on any atom is 0.306 e. The zero-order valence-corrected chi connectivity index (χ0v) is 41.6. The second-order valence-electron chi connectivity index (χ2n) is 19.3. The first kappa shape index (κ1) is 59.4. The Hall–Kier alpha value is -1.59. The fraction of sp³-hybridized carbons (Fsp3) is 0.945. The van der Waals surface area contributed by atoms with Gasteiger partial charge in [0.1, 0.15) is 13.2 Å². The number of esters is 3. The van der Waals surface area contributed by atoms with Crippen LogP contribution >= 0.6 is 0 Å². The van der Waals surface area contributed by atoms with Crippen molar-refractivity contribution in [2.45, 2.75) is 316 Å². The van der Waals surface area contributed by atoms with Gasteiger partial charge in [0.2, 0.25) is 0 Å². The monoisotopic (exact) mass is 863 g/mol. The lowest BCUT2D eigenvalue weighted by atomic mass is 10.0. The van der Waals surface area contributed by atoms with Crippen molar-refractivity contribution < 1.29 is 28.6 Å². The first-order valence-corrected chi connectivity index (χ1v) is 27.4. The van der Waals surface area contributed by atoms with Crippen LogP contribution in [0.5, 0.6) is 0 Å². The largest absolute Gasteiger partial charge is 0.462 e. The van der Waals surface area contributed by atoms with Gasteiger partial charge in [0.25, 0.3) is 0 Å². The van der Waals surface area contributed by atoms with Gasteiger partial charge in [-0.1, -0.05) is 272 Å². The van der Waals surface area contributed by atoms with Gasteiger partial charge in [-0.2, -0.15) is 0 Å². The van der Waals surface area contributed by atoms with Crippen molar-refractivity contribution in [1.82, 2.24) is 0 Å². The molecule has 1 atom stereocenters. The van der Waals surface area contributed by atoms with Crippen molar-refractivity contribution in [1.29, 1.82) is 0 Å². The van der Waals surface area contributed by atoms with Crippen LogP contribution in [0.1, 0.15) is 310 Å². The van der Waals surface area contributed by atoms with E-state index in [2.05, 4.69) is 27.7 Å². The molecule has 0 aliphatic heterocycles. The van der Waals surface area contributed by atoms with E-state index in [1.165, 1.54) is 205 Å². The molecule has 6 heteroatoms. The van der Waals surface area contributed by atoms with Crippen LogP contribution in [0.3, 0.4) is 0 Å². The van der Waals surface area contributed by atoms with E-state index in [0.29, 0.717) is 19.3 Å². The Labute approximate surface area is 380 Å². The fourth-order valence-corrected chi connectivity index (χ4v) is 8.39. The molecular formula is C55H106O6. The minimum absolute atomic E-state index is 0.0633. The Morgan fingerprint density at radius 1 is 0.311 bits per heavy atom. The van der Waals surface area contributed by atoms with Crippen molar-refractivity contribution in [3.8, 4) is 0 Å². The van der Waals surface area contributed by atoms with Gasteiger partial charge in [-0.25, -0.2) is 0 Å². The minimum atomic E-state index is -0.761. The van der Waals surface area contributed by atoms with E-state index in [9.17, 15) is 14.4 Å². The summed E-state index contributed by atoms with van der Waals surface area (Å²) in [5, 5.41) is 0. The average Bonchev–Trinajstić information content (AvgIpc) is 3.24. The third-order valence-electron chi connectivity index (χ3n) is 12.5. The zero-order valence-electron chi connectivity index (χ0n) is 41.6. The van der Waals surface area contributed by atoms with Crippen LogP contribution in [-0.4, -0.2) is 37.2 Å². The van der Waals surface area contributed by atoms with Gasteiger partial charge >= 0.3 is 17.9 Å². The fourth-order valence-electron chi connectivity index (χ4n) is 8.39. The van der Waals surface area contributed by atoms with Crippen LogP contribution in [-0.2, 0) is 28.6 Å². The highest BCUT2D eigenvalue weighted by molar-refractivity contribution is 5.71. The maximum atomic E-state index is 12.8. The summed E-state index contributed by atoms with van der Waals surface area (Å²) in [6.45, 7) is 8.97. The summed E-state index contributed by atoms with van der Waals surface area (Å²) >= 11 is 0. The number of carbonyl (C=O) groups is 3. The summed E-state index contributed by atoms with van der Waals surface area (Å²) in [5.41, 5.74) is 0. The molecule has 0 spiro atoms. The van der Waals surface area contributed by atoms with Crippen molar-refractivity contribution in [2.24, 2.45) is 5.92 Å². The van der Waals surface area contributed by atoms with Crippen molar-refractivity contribution in [2.75, 3.05) is 13.2 Å². The van der Waals surface area contributed by atoms with Crippen molar-refractivity contribution in [3.05, 3.63) is 0 Å². The maximum absolute atomic E-state index is 12.8. The molecule has 0 fully saturated rings. The van der Waals surface area contributed by atoms with Crippen LogP contribution in [0.15, 0.2) is 0 Å². The Morgan fingerprint density at radius 2 is 0.541 bits per heavy atom. The van der Waals surface area contributed by atoms with Crippen molar-refractivity contribution >= 4 is 17.9 Å². The molecule has 61 heavy (non-hydrogen) atoms. The minimum Gasteiger partial charge on any atom is -0.462 e. The summed E-state index contributed by atoms with van der Waals surface area (Å²) in [4.78, 5) is 37.9. The summed E-state index contributed by atoms with van der Waals surface area (Å²) < 4.78 is 16.8. The molecule has 0 aliphatic rings. The van der Waals surface area contributed by atoms with E-state index in [1.54, 1.807) is 0 Å². The molecule has 0 aromatic rings. The quantitative estimate of drug-likeness (QED) is 0.0344. The summed E-state index contributed by atoms with van der Waals surface area (Å²) in [5.74, 6) is -0.0828. The van der Waals surface area contributed by atoms with Gasteiger partial charge in [0, 0.05) is 19.3 Å². The standard InChI is InChI=1S/C55H106O6/c1-5-7-9-11-13-15-17-19-21-22-23-24-26-28-30-32-34-40-44-48-55(58)61-52(50-60-54(57)47-43-39-36-35-37-41-45-51(3)4)49-59-53(56)46-42-38-33-31-29-27-25-20-18-16-14-12-10-8-6-2/h51-52H,5-50H2,1-4H3/t52-/m0/s1. The highest BCUT2D eigenvalue weighted by Crippen LogP contribution is 2.17. The van der Waals surface area contributed by atoms with Crippen LogP contribution in [0, 0.1) is 5.92 Å². The predicted octanol–water partition coefficient (Wildman–Crippen LogP) is 17.8. The first-order valence-electron chi connectivity index (χ1n) is 27.4. The van der Waals surface area contributed by atoms with Gasteiger partial charge in [0.05, 0.1) is 0 Å². The Bertz CT molecular complexity index is 918. The number of unbranched alkanes of at least 4 members (excludes halogenated alkanes) is 37. The number of hydrogen-bond donors (Lipinski definition) is 0. The molecule has 0 saturated heterocycles. The van der Waals surface area contributed by atoms with Crippen LogP contribution < -0.4 is 0 Å². The van der Waals surface area contributed by atoms with Gasteiger partial charge < -0.3 is 14.2 Å². The molecule has 0 unspecified atom stereocenters. The van der Waals surface area contributed by atoms with E-state index in [0.717, 1.165) is 63.7 Å². The lowest BCUT2D eigenvalue weighted by Gasteiger charge is -2.18. The second kappa shape index (κ2) is 49.4. The van der Waals surface area contributed by atoms with E-state index in [4.69, 9.17) is 14.2 Å². The second-order valence-corrected chi connectivity index (χ2v) is 19.3. The number of ether oxygens (including phenoxy) is 3. The molecule has 0 aliphatic carbocycles. The average molecular weight is 863 g/mol. The summed E-state index contributed by atoms with van der Waals surface area (Å²) in [7, 11) is 0. The topological polar surface area (TPSA) is 78.9 Å². The highest BCUT2D eigenvalue weighted by atomic mass is 16.6. The molecule has 0 aromatic carbocycles. The number of rotatable bonds is 50. The molecule has 0 aromatic heterocycles. The third kappa shape index (κ3) is 49.3. The van der Waals surface area contributed by atoms with E-state index in [1.807, 2.05) is 0 Å². The van der Waals surface area contributed by atoms with Gasteiger partial charge in [-0.3, -0.25) is 14.4 Å². The summed E-state index contributed by atoms with van der Waals surface area (Å²) in [6.07, 6.45) is 52.5. The number of hydrogen-bond acceptors (Lipinski definition) is 6. The van der Waals surface area contributed by atoms with Crippen LogP contribution in [0.25, 0.3) is 0 Å². The normalized spacial score (nSPS) is 12.0. The molecule has 0 rings (SSSR count). The van der Waals surface area contributed by atoms with Crippen LogP contribution in [0.2, 0.25) is 0 Å². The molecule has 0 bridgehead atoms. The predicted molar refractivity (Wildman–Crippen MR) is 261 cm³/mol. The lowest BCUT2D eigenvalue weighted by Crippen LogP contribution is -2.30. The Morgan fingerprint density at radius 3 is 0.803 bits per heavy atom. The highest BCUT2D eigenvalue weighted by Gasteiger charge is 2.19. The first-order chi connectivity index (χ1) is 29.9. The number of carbonyl (C=O) groups excluding carboxylic acids is 3.